The van der Waals surface area contributed by atoms with Crippen LogP contribution in [0.2, 0.25) is 19.6 Å². The Morgan fingerprint density at radius 3 is 2.50 bits per heavy atom. The molecule has 0 radical (unpaired) electrons. The number of ether oxygens (including phenoxy) is 1. The van der Waals surface area contributed by atoms with E-state index < -0.39 is 8.07 Å². The van der Waals surface area contributed by atoms with Crippen molar-refractivity contribution in [3.63, 3.8) is 0 Å². The molecule has 0 unspecified atom stereocenters. The van der Waals surface area contributed by atoms with Gasteiger partial charge in [-0.15, -0.1) is 6.58 Å². The molecule has 0 saturated heterocycles. The summed E-state index contributed by atoms with van der Waals surface area (Å²) in [4.78, 5) is 0. The molecule has 0 aliphatic carbocycles. The molecule has 20 heavy (non-hydrogen) atoms. The third kappa shape index (κ3) is 7.92. The molecular formula is C18H26OSi. The summed E-state index contributed by atoms with van der Waals surface area (Å²) in [5.74, 6) is 0. The summed E-state index contributed by atoms with van der Waals surface area (Å²) >= 11 is 0. The fraction of sp³-hybridized carbons (Fsp3) is 0.333. The number of rotatable bonds is 8. The zero-order valence-corrected chi connectivity index (χ0v) is 13.9. The molecule has 0 atom stereocenters. The number of hydrogen-bond acceptors (Lipinski definition) is 1. The first-order valence-electron chi connectivity index (χ1n) is 7.15. The fourth-order valence-corrected chi connectivity index (χ4v) is 3.24. The van der Waals surface area contributed by atoms with Crippen molar-refractivity contribution in [2.24, 2.45) is 0 Å². The summed E-state index contributed by atoms with van der Waals surface area (Å²) < 4.78 is 5.50. The Kier molecular flexibility index (Phi) is 7.27. The van der Waals surface area contributed by atoms with Crippen LogP contribution in [0.15, 0.2) is 60.3 Å². The third-order valence-electron chi connectivity index (χ3n) is 2.68. The van der Waals surface area contributed by atoms with Crippen LogP contribution in [0.4, 0.5) is 0 Å². The molecule has 1 nitrogen and oxygen atoms in total. The molecule has 0 saturated carbocycles. The van der Waals surface area contributed by atoms with E-state index in [0.29, 0.717) is 6.61 Å². The SMILES string of the molecule is C=CCOCCC(/C=C\c1ccccc1)=C/[Si](C)(C)C. The van der Waals surface area contributed by atoms with Crippen LogP contribution in [-0.4, -0.2) is 21.3 Å². The maximum absolute atomic E-state index is 5.50. The highest BCUT2D eigenvalue weighted by Gasteiger charge is 2.09. The van der Waals surface area contributed by atoms with Crippen LogP contribution in [0.5, 0.6) is 0 Å². The van der Waals surface area contributed by atoms with Crippen molar-refractivity contribution in [2.45, 2.75) is 26.1 Å². The van der Waals surface area contributed by atoms with Crippen LogP contribution >= 0.6 is 0 Å². The number of allylic oxidation sites excluding steroid dienone is 1. The molecule has 0 heterocycles. The van der Waals surface area contributed by atoms with E-state index in [9.17, 15) is 0 Å². The fourth-order valence-electron chi connectivity index (χ4n) is 1.88. The normalized spacial score (nSPS) is 12.8. The average Bonchev–Trinajstić information content (AvgIpc) is 2.40. The highest BCUT2D eigenvalue weighted by Crippen LogP contribution is 2.14. The first-order valence-corrected chi connectivity index (χ1v) is 10.7. The van der Waals surface area contributed by atoms with E-state index in [0.717, 1.165) is 13.0 Å². The first-order chi connectivity index (χ1) is 9.51. The smallest absolute Gasteiger partial charge is 0.0690 e. The van der Waals surface area contributed by atoms with Crippen molar-refractivity contribution < 1.29 is 4.74 Å². The van der Waals surface area contributed by atoms with Crippen molar-refractivity contribution >= 4 is 14.1 Å². The Morgan fingerprint density at radius 2 is 1.90 bits per heavy atom. The van der Waals surface area contributed by atoms with Crippen molar-refractivity contribution in [3.8, 4) is 0 Å². The summed E-state index contributed by atoms with van der Waals surface area (Å²) in [5.41, 5.74) is 5.06. The molecule has 0 N–H and O–H groups in total. The quantitative estimate of drug-likeness (QED) is 0.280. The predicted octanol–water partition coefficient (Wildman–Crippen LogP) is 5.10. The molecule has 0 spiro atoms. The third-order valence-corrected chi connectivity index (χ3v) is 3.92. The minimum Gasteiger partial charge on any atom is -0.377 e. The highest BCUT2D eigenvalue weighted by molar-refractivity contribution is 6.81. The van der Waals surface area contributed by atoms with Gasteiger partial charge in [-0.2, -0.15) is 0 Å². The van der Waals surface area contributed by atoms with Gasteiger partial charge in [-0.05, 0) is 12.0 Å². The van der Waals surface area contributed by atoms with E-state index in [4.69, 9.17) is 4.74 Å². The Bertz CT molecular complexity index is 452. The molecule has 0 aliphatic heterocycles. The summed E-state index contributed by atoms with van der Waals surface area (Å²) in [7, 11) is -1.22. The van der Waals surface area contributed by atoms with Crippen LogP contribution in [0.25, 0.3) is 6.08 Å². The first kappa shape index (κ1) is 16.7. The van der Waals surface area contributed by atoms with Gasteiger partial charge in [0.1, 0.15) is 0 Å². The molecule has 2 heteroatoms. The number of benzene rings is 1. The minimum atomic E-state index is -1.22. The van der Waals surface area contributed by atoms with Crippen molar-refractivity contribution in [1.29, 1.82) is 0 Å². The lowest BCUT2D eigenvalue weighted by atomic mass is 10.1. The Labute approximate surface area is 124 Å². The van der Waals surface area contributed by atoms with E-state index in [1.807, 2.05) is 6.07 Å². The second-order valence-corrected chi connectivity index (χ2v) is 11.0. The Balaban J connectivity index is 2.70. The van der Waals surface area contributed by atoms with Gasteiger partial charge in [0, 0.05) is 0 Å². The van der Waals surface area contributed by atoms with Gasteiger partial charge < -0.3 is 4.74 Å². The summed E-state index contributed by atoms with van der Waals surface area (Å²) in [5, 5.41) is 0. The Hall–Kier alpha value is -1.38. The van der Waals surface area contributed by atoms with Crippen molar-refractivity contribution in [3.05, 3.63) is 65.9 Å². The lowest BCUT2D eigenvalue weighted by molar-refractivity contribution is 0.166. The maximum atomic E-state index is 5.50. The van der Waals surface area contributed by atoms with E-state index in [-0.39, 0.29) is 0 Å². The zero-order valence-electron chi connectivity index (χ0n) is 12.9. The largest absolute Gasteiger partial charge is 0.377 e. The lowest BCUT2D eigenvalue weighted by Gasteiger charge is -2.12. The van der Waals surface area contributed by atoms with E-state index >= 15 is 0 Å². The molecular weight excluding hydrogens is 260 g/mol. The molecule has 1 aromatic rings. The zero-order chi connectivity index (χ0) is 14.8. The lowest BCUT2D eigenvalue weighted by Crippen LogP contribution is -2.17. The number of hydrogen-bond donors (Lipinski definition) is 0. The second-order valence-electron chi connectivity index (χ2n) is 5.94. The summed E-state index contributed by atoms with van der Waals surface area (Å²) in [6.45, 7) is 12.1. The molecule has 0 bridgehead atoms. The van der Waals surface area contributed by atoms with Crippen LogP contribution in [-0.2, 0) is 4.74 Å². The monoisotopic (exact) mass is 286 g/mol. The van der Waals surface area contributed by atoms with Gasteiger partial charge in [-0.3, -0.25) is 0 Å². The van der Waals surface area contributed by atoms with E-state index in [1.165, 1.54) is 11.1 Å². The standard InChI is InChI=1S/C18H26OSi/c1-5-14-19-15-13-18(16-20(2,3)4)12-11-17-9-7-6-8-10-17/h5-12,16H,1,13-15H2,2-4H3/b12-11-,18-16+. The van der Waals surface area contributed by atoms with Gasteiger partial charge in [-0.25, -0.2) is 0 Å². The van der Waals surface area contributed by atoms with Crippen molar-refractivity contribution in [2.75, 3.05) is 13.2 Å². The van der Waals surface area contributed by atoms with E-state index in [1.54, 1.807) is 6.08 Å². The summed E-state index contributed by atoms with van der Waals surface area (Å²) in [6, 6.07) is 10.4. The molecule has 108 valence electrons. The van der Waals surface area contributed by atoms with E-state index in [2.05, 4.69) is 68.3 Å². The summed E-state index contributed by atoms with van der Waals surface area (Å²) in [6.07, 6.45) is 7.16. The Morgan fingerprint density at radius 1 is 1.20 bits per heavy atom. The molecule has 0 aromatic heterocycles. The van der Waals surface area contributed by atoms with Gasteiger partial charge >= 0.3 is 0 Å². The maximum Gasteiger partial charge on any atom is 0.0690 e. The van der Waals surface area contributed by atoms with Gasteiger partial charge in [0.05, 0.1) is 21.3 Å². The molecule has 1 aromatic carbocycles. The van der Waals surface area contributed by atoms with Gasteiger partial charge in [0.25, 0.3) is 0 Å². The molecule has 0 aliphatic rings. The topological polar surface area (TPSA) is 9.23 Å². The second kappa shape index (κ2) is 8.72. The van der Waals surface area contributed by atoms with Gasteiger partial charge in [-0.1, -0.05) is 79.5 Å². The predicted molar refractivity (Wildman–Crippen MR) is 92.5 cm³/mol. The van der Waals surface area contributed by atoms with Crippen LogP contribution in [0, 0.1) is 0 Å². The molecule has 0 amide bonds. The highest BCUT2D eigenvalue weighted by atomic mass is 28.3. The average molecular weight is 286 g/mol. The molecule has 1 rings (SSSR count). The molecule has 0 fully saturated rings. The van der Waals surface area contributed by atoms with Crippen LogP contribution in [0.3, 0.4) is 0 Å². The van der Waals surface area contributed by atoms with Gasteiger partial charge in [0.15, 0.2) is 0 Å². The van der Waals surface area contributed by atoms with Crippen LogP contribution in [0.1, 0.15) is 12.0 Å². The minimum absolute atomic E-state index is 0.628. The van der Waals surface area contributed by atoms with Crippen molar-refractivity contribution in [1.82, 2.24) is 0 Å². The van der Waals surface area contributed by atoms with Crippen LogP contribution < -0.4 is 0 Å². The van der Waals surface area contributed by atoms with Gasteiger partial charge in [0.2, 0.25) is 0 Å².